The monoisotopic (exact) mass is 325 g/mol. The maximum absolute atomic E-state index is 12.7. The van der Waals surface area contributed by atoms with Gasteiger partial charge in [-0.3, -0.25) is 4.57 Å². The maximum Gasteiger partial charge on any atom is 0.419 e. The fourth-order valence-corrected chi connectivity index (χ4v) is 4.44. The summed E-state index contributed by atoms with van der Waals surface area (Å²) in [5, 5.41) is 3.08. The van der Waals surface area contributed by atoms with Crippen molar-refractivity contribution in [1.82, 2.24) is 14.2 Å². The van der Waals surface area contributed by atoms with E-state index in [1.807, 2.05) is 7.05 Å². The molecule has 1 unspecified atom stereocenters. The molecule has 0 saturated carbocycles. The van der Waals surface area contributed by atoms with Crippen molar-refractivity contribution in [3.63, 3.8) is 0 Å². The van der Waals surface area contributed by atoms with Gasteiger partial charge in [0.1, 0.15) is 0 Å². The Bertz CT molecular complexity index is 853. The fourth-order valence-electron chi connectivity index (χ4n) is 2.89. The molecule has 1 aliphatic heterocycles. The summed E-state index contributed by atoms with van der Waals surface area (Å²) in [7, 11) is -0.0987. The first-order valence-electron chi connectivity index (χ1n) is 7.18. The van der Waals surface area contributed by atoms with Crippen molar-refractivity contribution < 1.29 is 12.8 Å². The molecule has 7 nitrogen and oxygen atoms in total. The van der Waals surface area contributed by atoms with E-state index in [1.165, 1.54) is 21.0 Å². The molecule has 22 heavy (non-hydrogen) atoms. The zero-order valence-corrected chi connectivity index (χ0v) is 13.4. The van der Waals surface area contributed by atoms with Crippen LogP contribution in [0.5, 0.6) is 0 Å². The lowest BCUT2D eigenvalue weighted by molar-refractivity contribution is 0.451. The van der Waals surface area contributed by atoms with Crippen molar-refractivity contribution in [3.05, 3.63) is 28.7 Å². The van der Waals surface area contributed by atoms with E-state index in [0.717, 1.165) is 13.0 Å². The van der Waals surface area contributed by atoms with Crippen molar-refractivity contribution in [3.8, 4) is 0 Å². The van der Waals surface area contributed by atoms with E-state index >= 15 is 0 Å². The average Bonchev–Trinajstić information content (AvgIpc) is 3.06. The molecule has 1 saturated heterocycles. The summed E-state index contributed by atoms with van der Waals surface area (Å²) in [6.45, 7) is 1.84. The largest absolute Gasteiger partial charge is 0.419 e. The van der Waals surface area contributed by atoms with E-state index in [0.29, 0.717) is 30.1 Å². The summed E-state index contributed by atoms with van der Waals surface area (Å²) < 4.78 is 33.3. The van der Waals surface area contributed by atoms with E-state index in [1.54, 1.807) is 13.1 Å². The van der Waals surface area contributed by atoms with Crippen molar-refractivity contribution in [2.24, 2.45) is 13.0 Å². The molecule has 1 aliphatic rings. The Balaban J connectivity index is 1.94. The third-order valence-electron chi connectivity index (χ3n) is 4.14. The van der Waals surface area contributed by atoms with Crippen LogP contribution in [0, 0.1) is 5.92 Å². The number of benzene rings is 1. The van der Waals surface area contributed by atoms with Gasteiger partial charge in [-0.25, -0.2) is 13.2 Å². The van der Waals surface area contributed by atoms with Gasteiger partial charge in [-0.05, 0) is 38.1 Å². The average molecular weight is 325 g/mol. The molecule has 1 atom stereocenters. The van der Waals surface area contributed by atoms with E-state index in [2.05, 4.69) is 5.32 Å². The number of nitrogens with zero attached hydrogens (tertiary/aromatic N) is 2. The van der Waals surface area contributed by atoms with Crippen molar-refractivity contribution in [2.75, 3.05) is 26.7 Å². The zero-order chi connectivity index (χ0) is 15.9. The van der Waals surface area contributed by atoms with Gasteiger partial charge in [0.05, 0.1) is 10.4 Å². The quantitative estimate of drug-likeness (QED) is 0.877. The van der Waals surface area contributed by atoms with E-state index in [9.17, 15) is 13.2 Å². The van der Waals surface area contributed by atoms with Crippen LogP contribution in [-0.2, 0) is 17.1 Å². The molecule has 1 fully saturated rings. The number of hydrogen-bond donors (Lipinski definition) is 1. The Morgan fingerprint density at radius 1 is 1.41 bits per heavy atom. The summed E-state index contributed by atoms with van der Waals surface area (Å²) in [5.74, 6) is -0.169. The SMILES string of the molecule is CNCC1CCN(S(=O)(=O)c2ccc3c(c2)oc(=O)n3C)C1. The normalized spacial score (nSPS) is 20.0. The molecule has 2 heterocycles. The molecule has 0 radical (unpaired) electrons. The van der Waals surface area contributed by atoms with Crippen LogP contribution in [0.15, 0.2) is 32.3 Å². The number of nitrogens with one attached hydrogen (secondary N) is 1. The van der Waals surface area contributed by atoms with Crippen LogP contribution in [0.4, 0.5) is 0 Å². The number of sulfonamides is 1. The van der Waals surface area contributed by atoms with Crippen LogP contribution in [0.3, 0.4) is 0 Å². The second-order valence-electron chi connectivity index (χ2n) is 5.63. The summed E-state index contributed by atoms with van der Waals surface area (Å²) in [6, 6.07) is 4.56. The van der Waals surface area contributed by atoms with Gasteiger partial charge in [0, 0.05) is 26.2 Å². The third kappa shape index (κ3) is 2.47. The first-order valence-corrected chi connectivity index (χ1v) is 8.62. The smallest absolute Gasteiger partial charge is 0.408 e. The Morgan fingerprint density at radius 2 is 2.18 bits per heavy atom. The third-order valence-corrected chi connectivity index (χ3v) is 6.00. The van der Waals surface area contributed by atoms with Crippen LogP contribution in [0.25, 0.3) is 11.1 Å². The Labute approximate surface area is 128 Å². The van der Waals surface area contributed by atoms with Gasteiger partial charge in [-0.2, -0.15) is 4.31 Å². The van der Waals surface area contributed by atoms with Crippen molar-refractivity contribution >= 4 is 21.1 Å². The summed E-state index contributed by atoms with van der Waals surface area (Å²) in [5.41, 5.74) is 0.873. The maximum atomic E-state index is 12.7. The highest BCUT2D eigenvalue weighted by Crippen LogP contribution is 2.26. The molecule has 1 N–H and O–H groups in total. The Kier molecular flexibility index (Phi) is 3.84. The van der Waals surface area contributed by atoms with Crippen LogP contribution in [-0.4, -0.2) is 44.0 Å². The molecule has 3 rings (SSSR count). The minimum absolute atomic E-state index is 0.166. The van der Waals surface area contributed by atoms with E-state index in [4.69, 9.17) is 4.42 Å². The molecule has 1 aromatic heterocycles. The molecule has 0 spiro atoms. The van der Waals surface area contributed by atoms with Gasteiger partial charge in [-0.15, -0.1) is 0 Å². The molecule has 2 aromatic rings. The predicted molar refractivity (Wildman–Crippen MR) is 82.2 cm³/mol. The lowest BCUT2D eigenvalue weighted by atomic mass is 10.1. The number of aryl methyl sites for hydroxylation is 1. The van der Waals surface area contributed by atoms with Crippen LogP contribution in [0.1, 0.15) is 6.42 Å². The molecule has 0 amide bonds. The van der Waals surface area contributed by atoms with Crippen molar-refractivity contribution in [1.29, 1.82) is 0 Å². The van der Waals surface area contributed by atoms with Gasteiger partial charge in [0.2, 0.25) is 10.0 Å². The summed E-state index contributed by atoms with van der Waals surface area (Å²) in [4.78, 5) is 11.7. The first-order chi connectivity index (χ1) is 10.4. The van der Waals surface area contributed by atoms with Gasteiger partial charge in [-0.1, -0.05) is 0 Å². The topological polar surface area (TPSA) is 84.6 Å². The second-order valence-corrected chi connectivity index (χ2v) is 7.57. The number of fused-ring (bicyclic) bond motifs is 1. The van der Waals surface area contributed by atoms with Gasteiger partial charge in [0.25, 0.3) is 0 Å². The van der Waals surface area contributed by atoms with E-state index < -0.39 is 15.8 Å². The predicted octanol–water partition coefficient (Wildman–Crippen LogP) is 0.361. The minimum atomic E-state index is -3.55. The molecule has 0 aliphatic carbocycles. The Morgan fingerprint density at radius 3 is 2.91 bits per heavy atom. The number of hydrogen-bond acceptors (Lipinski definition) is 5. The molecular weight excluding hydrogens is 306 g/mol. The van der Waals surface area contributed by atoms with Crippen molar-refractivity contribution in [2.45, 2.75) is 11.3 Å². The van der Waals surface area contributed by atoms with E-state index in [-0.39, 0.29) is 4.90 Å². The molecule has 0 bridgehead atoms. The van der Waals surface area contributed by atoms with Crippen LogP contribution >= 0.6 is 0 Å². The standard InChI is InChI=1S/C14H19N3O4S/c1-15-8-10-5-6-17(9-10)22(19,20)11-3-4-12-13(7-11)21-14(18)16(12)2/h3-4,7,10,15H,5-6,8-9H2,1-2H3. The number of rotatable bonds is 4. The molecule has 8 heteroatoms. The van der Waals surface area contributed by atoms with Crippen LogP contribution in [0.2, 0.25) is 0 Å². The van der Waals surface area contributed by atoms with Gasteiger partial charge in [0.15, 0.2) is 5.58 Å². The minimum Gasteiger partial charge on any atom is -0.408 e. The zero-order valence-electron chi connectivity index (χ0n) is 12.6. The highest BCUT2D eigenvalue weighted by atomic mass is 32.2. The summed E-state index contributed by atoms with van der Waals surface area (Å²) >= 11 is 0. The lowest BCUT2D eigenvalue weighted by Crippen LogP contribution is -2.30. The molecule has 120 valence electrons. The number of aromatic nitrogens is 1. The first kappa shape index (κ1) is 15.3. The van der Waals surface area contributed by atoms with Crippen LogP contribution < -0.4 is 11.1 Å². The highest BCUT2D eigenvalue weighted by molar-refractivity contribution is 7.89. The fraction of sp³-hybridized carbons (Fsp3) is 0.500. The van der Waals surface area contributed by atoms with Gasteiger partial charge >= 0.3 is 5.76 Å². The second kappa shape index (κ2) is 5.53. The lowest BCUT2D eigenvalue weighted by Gasteiger charge is -2.16. The molecule has 1 aromatic carbocycles. The summed E-state index contributed by atoms with van der Waals surface area (Å²) in [6.07, 6.45) is 0.850. The number of oxazole rings is 1. The molecular formula is C14H19N3O4S. The van der Waals surface area contributed by atoms with Gasteiger partial charge < -0.3 is 9.73 Å². The Hall–Kier alpha value is -1.64. The highest BCUT2D eigenvalue weighted by Gasteiger charge is 2.32.